The molecule has 0 rings (SSSR count). The summed E-state index contributed by atoms with van der Waals surface area (Å²) in [6.07, 6.45) is 77.2. The SMILES string of the molecule is CCCCCC/C=C\C/C=C\CCCCCCCCCC(=O)OC(COC(=O)CCCCCCCCCCCCC/C=C\CCCCCCCCCC)COC(=O)CCCCCCCCCCCCCCCCC. The molecule has 6 heteroatoms. The number of hydrogen-bond donors (Lipinski definition) is 0. The summed E-state index contributed by atoms with van der Waals surface area (Å²) >= 11 is 0. The minimum atomic E-state index is -0.775. The van der Waals surface area contributed by atoms with Gasteiger partial charge in [-0.3, -0.25) is 14.4 Å². The molecule has 0 aromatic rings. The number of unbranched alkanes of at least 4 members (excludes halogenated alkanes) is 44. The molecule has 0 N–H and O–H groups in total. The van der Waals surface area contributed by atoms with Crippen molar-refractivity contribution >= 4 is 17.9 Å². The summed E-state index contributed by atoms with van der Waals surface area (Å²) in [5, 5.41) is 0. The lowest BCUT2D eigenvalue weighted by atomic mass is 10.0. The molecule has 0 spiro atoms. The predicted octanol–water partition coefficient (Wildman–Crippen LogP) is 22.4. The van der Waals surface area contributed by atoms with Gasteiger partial charge in [0.1, 0.15) is 13.2 Å². The Balaban J connectivity index is 4.30. The van der Waals surface area contributed by atoms with E-state index in [0.717, 1.165) is 70.6 Å². The third-order valence-electron chi connectivity index (χ3n) is 14.9. The van der Waals surface area contributed by atoms with Crippen LogP contribution < -0.4 is 0 Å². The van der Waals surface area contributed by atoms with Gasteiger partial charge in [0.05, 0.1) is 0 Å². The second kappa shape index (κ2) is 63.2. The summed E-state index contributed by atoms with van der Waals surface area (Å²) < 4.78 is 17.0. The molecule has 0 aliphatic carbocycles. The van der Waals surface area contributed by atoms with E-state index < -0.39 is 6.10 Å². The number of ether oxygens (including phenoxy) is 3. The van der Waals surface area contributed by atoms with Gasteiger partial charge in [-0.2, -0.15) is 0 Å². The molecule has 0 heterocycles. The van der Waals surface area contributed by atoms with Crippen molar-refractivity contribution in [2.45, 2.75) is 367 Å². The fourth-order valence-electron chi connectivity index (χ4n) is 9.88. The third-order valence-corrected chi connectivity index (χ3v) is 14.9. The zero-order valence-electron chi connectivity index (χ0n) is 49.9. The van der Waals surface area contributed by atoms with Crippen molar-refractivity contribution in [1.29, 1.82) is 0 Å². The van der Waals surface area contributed by atoms with E-state index >= 15 is 0 Å². The summed E-state index contributed by atoms with van der Waals surface area (Å²) in [7, 11) is 0. The normalized spacial score (nSPS) is 12.2. The topological polar surface area (TPSA) is 78.9 Å². The molecular weight excluding hydrogens is 913 g/mol. The minimum Gasteiger partial charge on any atom is -0.462 e. The van der Waals surface area contributed by atoms with Gasteiger partial charge in [0.15, 0.2) is 6.10 Å². The van der Waals surface area contributed by atoms with Crippen LogP contribution in [0.1, 0.15) is 361 Å². The van der Waals surface area contributed by atoms with Gasteiger partial charge in [0.2, 0.25) is 0 Å². The molecule has 0 aliphatic rings. The first kappa shape index (κ1) is 71.6. The molecule has 74 heavy (non-hydrogen) atoms. The van der Waals surface area contributed by atoms with Crippen molar-refractivity contribution in [3.05, 3.63) is 36.5 Å². The number of carbonyl (C=O) groups is 3. The lowest BCUT2D eigenvalue weighted by Gasteiger charge is -2.18. The summed E-state index contributed by atoms with van der Waals surface area (Å²) in [5.74, 6) is -0.855. The van der Waals surface area contributed by atoms with Crippen LogP contribution in [0.3, 0.4) is 0 Å². The minimum absolute atomic E-state index is 0.0710. The zero-order chi connectivity index (χ0) is 53.6. The van der Waals surface area contributed by atoms with Gasteiger partial charge < -0.3 is 14.2 Å². The van der Waals surface area contributed by atoms with Gasteiger partial charge in [0.25, 0.3) is 0 Å². The maximum atomic E-state index is 12.9. The fraction of sp³-hybridized carbons (Fsp3) is 0.868. The van der Waals surface area contributed by atoms with Crippen molar-refractivity contribution in [2.75, 3.05) is 13.2 Å². The van der Waals surface area contributed by atoms with Crippen LogP contribution in [0.4, 0.5) is 0 Å². The molecular formula is C68H126O6. The molecule has 0 bridgehead atoms. The van der Waals surface area contributed by atoms with Gasteiger partial charge in [0, 0.05) is 19.3 Å². The van der Waals surface area contributed by atoms with Gasteiger partial charge >= 0.3 is 17.9 Å². The molecule has 0 saturated carbocycles. The van der Waals surface area contributed by atoms with Gasteiger partial charge in [-0.25, -0.2) is 0 Å². The molecule has 1 atom stereocenters. The van der Waals surface area contributed by atoms with Crippen LogP contribution in [-0.4, -0.2) is 37.2 Å². The Labute approximate surface area is 461 Å². The Morgan fingerprint density at radius 1 is 0.270 bits per heavy atom. The molecule has 0 radical (unpaired) electrons. The number of esters is 3. The predicted molar refractivity (Wildman–Crippen MR) is 321 cm³/mol. The first-order valence-corrected chi connectivity index (χ1v) is 33.0. The van der Waals surface area contributed by atoms with Crippen molar-refractivity contribution < 1.29 is 28.6 Å². The molecule has 0 aliphatic heterocycles. The highest BCUT2D eigenvalue weighted by Gasteiger charge is 2.19. The van der Waals surface area contributed by atoms with E-state index in [4.69, 9.17) is 14.2 Å². The monoisotopic (exact) mass is 1040 g/mol. The third kappa shape index (κ3) is 60.5. The Kier molecular flexibility index (Phi) is 61.1. The highest BCUT2D eigenvalue weighted by atomic mass is 16.6. The lowest BCUT2D eigenvalue weighted by molar-refractivity contribution is -0.167. The molecule has 0 fully saturated rings. The number of allylic oxidation sites excluding steroid dienone is 6. The highest BCUT2D eigenvalue weighted by Crippen LogP contribution is 2.17. The van der Waals surface area contributed by atoms with Crippen LogP contribution in [0.15, 0.2) is 36.5 Å². The summed E-state index contributed by atoms with van der Waals surface area (Å²) in [6.45, 7) is 6.68. The zero-order valence-corrected chi connectivity index (χ0v) is 49.9. The number of hydrogen-bond acceptors (Lipinski definition) is 6. The fourth-order valence-corrected chi connectivity index (χ4v) is 9.88. The van der Waals surface area contributed by atoms with E-state index in [9.17, 15) is 14.4 Å². The smallest absolute Gasteiger partial charge is 0.306 e. The number of rotatable bonds is 61. The molecule has 0 amide bonds. The average molecular weight is 1040 g/mol. The molecule has 0 aromatic heterocycles. The van der Waals surface area contributed by atoms with Crippen LogP contribution in [0.2, 0.25) is 0 Å². The van der Waals surface area contributed by atoms with Gasteiger partial charge in [-0.15, -0.1) is 0 Å². The molecule has 434 valence electrons. The Morgan fingerprint density at radius 2 is 0.486 bits per heavy atom. The Morgan fingerprint density at radius 3 is 0.770 bits per heavy atom. The van der Waals surface area contributed by atoms with Crippen molar-refractivity contribution in [2.24, 2.45) is 0 Å². The quantitative estimate of drug-likeness (QED) is 0.0261. The standard InChI is InChI=1S/C68H126O6/c1-4-7-10-13-16-19-22-25-28-30-32-33-34-35-36-38-40-43-46-49-52-55-58-61-67(70)73-64-65(63-72-66(69)60-57-54-51-48-45-42-39-27-24-21-18-15-12-9-6-3)74-68(71)62-59-56-53-50-47-44-41-37-31-29-26-23-20-17-14-11-8-5-2/h20,23,29-32,65H,4-19,21-22,24-28,33-64H2,1-3H3/b23-20-,31-29-,32-30-. The second-order valence-electron chi connectivity index (χ2n) is 22.4. The van der Waals surface area contributed by atoms with Crippen molar-refractivity contribution in [3.8, 4) is 0 Å². The van der Waals surface area contributed by atoms with E-state index in [2.05, 4.69) is 57.2 Å². The van der Waals surface area contributed by atoms with Crippen LogP contribution >= 0.6 is 0 Å². The van der Waals surface area contributed by atoms with Crippen molar-refractivity contribution in [3.63, 3.8) is 0 Å². The highest BCUT2D eigenvalue weighted by molar-refractivity contribution is 5.71. The van der Waals surface area contributed by atoms with Crippen LogP contribution in [0.5, 0.6) is 0 Å². The van der Waals surface area contributed by atoms with E-state index in [1.807, 2.05) is 0 Å². The molecule has 0 aromatic carbocycles. The average Bonchev–Trinajstić information content (AvgIpc) is 3.40. The first-order chi connectivity index (χ1) is 36.5. The van der Waals surface area contributed by atoms with E-state index in [0.29, 0.717) is 19.3 Å². The Bertz CT molecular complexity index is 1240. The number of carbonyl (C=O) groups excluding carboxylic acids is 3. The Hall–Kier alpha value is -2.37. The van der Waals surface area contributed by atoms with Gasteiger partial charge in [-0.05, 0) is 77.0 Å². The van der Waals surface area contributed by atoms with E-state index in [1.165, 1.54) is 250 Å². The maximum absolute atomic E-state index is 12.9. The first-order valence-electron chi connectivity index (χ1n) is 33.0. The largest absolute Gasteiger partial charge is 0.462 e. The summed E-state index contributed by atoms with van der Waals surface area (Å²) in [6, 6.07) is 0. The van der Waals surface area contributed by atoms with E-state index in [-0.39, 0.29) is 31.1 Å². The molecule has 1 unspecified atom stereocenters. The van der Waals surface area contributed by atoms with E-state index in [1.54, 1.807) is 0 Å². The molecule has 0 saturated heterocycles. The molecule has 6 nitrogen and oxygen atoms in total. The van der Waals surface area contributed by atoms with Crippen LogP contribution in [0.25, 0.3) is 0 Å². The van der Waals surface area contributed by atoms with Gasteiger partial charge in [-0.1, -0.05) is 301 Å². The summed E-state index contributed by atoms with van der Waals surface area (Å²) in [4.78, 5) is 38.3. The van der Waals surface area contributed by atoms with Crippen molar-refractivity contribution in [1.82, 2.24) is 0 Å². The second-order valence-corrected chi connectivity index (χ2v) is 22.4. The van der Waals surface area contributed by atoms with Crippen LogP contribution in [-0.2, 0) is 28.6 Å². The lowest BCUT2D eigenvalue weighted by Crippen LogP contribution is -2.30. The summed E-state index contributed by atoms with van der Waals surface area (Å²) in [5.41, 5.74) is 0. The van der Waals surface area contributed by atoms with Crippen LogP contribution in [0, 0.1) is 0 Å². The maximum Gasteiger partial charge on any atom is 0.306 e.